The van der Waals surface area contributed by atoms with Crippen molar-refractivity contribution < 1.29 is 0 Å². The van der Waals surface area contributed by atoms with Gasteiger partial charge in [-0.15, -0.1) is 0 Å². The lowest BCUT2D eigenvalue weighted by Crippen LogP contribution is -2.20. The van der Waals surface area contributed by atoms with Crippen LogP contribution in [0, 0.1) is 17.8 Å². The Morgan fingerprint density at radius 2 is 1.55 bits per heavy atom. The lowest BCUT2D eigenvalue weighted by atomic mass is 9.86. The summed E-state index contributed by atoms with van der Waals surface area (Å²) in [7, 11) is 2.13. The largest absolute Gasteiger partial charge is 0.313 e. The molecule has 3 atom stereocenters. The highest BCUT2D eigenvalue weighted by molar-refractivity contribution is 5.31. The molecule has 0 heterocycles. The van der Waals surface area contributed by atoms with Crippen molar-refractivity contribution in [3.63, 3.8) is 0 Å². The third-order valence-corrected chi connectivity index (χ3v) is 5.55. The van der Waals surface area contributed by atoms with Crippen molar-refractivity contribution in [2.75, 3.05) is 7.05 Å². The first-order valence-corrected chi connectivity index (χ1v) is 8.30. The second-order valence-corrected chi connectivity index (χ2v) is 7.83. The fraction of sp³-hybridized carbons (Fsp3) is 0.684. The average Bonchev–Trinajstić information content (AvgIpc) is 3.14. The molecule has 0 amide bonds. The molecule has 1 N–H and O–H groups in total. The van der Waals surface area contributed by atoms with E-state index in [9.17, 15) is 0 Å². The van der Waals surface area contributed by atoms with Crippen molar-refractivity contribution >= 4 is 0 Å². The Morgan fingerprint density at radius 3 is 2.00 bits per heavy atom. The molecule has 1 aromatic rings. The van der Waals surface area contributed by atoms with Gasteiger partial charge in [-0.1, -0.05) is 57.9 Å². The van der Waals surface area contributed by atoms with Gasteiger partial charge in [0.1, 0.15) is 0 Å². The summed E-state index contributed by atoms with van der Waals surface area (Å²) in [5, 5.41) is 3.59. The normalized spacial score (nSPS) is 30.7. The van der Waals surface area contributed by atoms with E-state index in [1.165, 1.54) is 36.8 Å². The van der Waals surface area contributed by atoms with E-state index in [1.807, 2.05) is 0 Å². The van der Waals surface area contributed by atoms with Crippen molar-refractivity contribution in [2.24, 2.45) is 17.8 Å². The summed E-state index contributed by atoms with van der Waals surface area (Å²) in [6.45, 7) is 6.85. The molecule has 1 heteroatoms. The van der Waals surface area contributed by atoms with Crippen LogP contribution in [0.15, 0.2) is 24.3 Å². The van der Waals surface area contributed by atoms with Crippen molar-refractivity contribution in [3.05, 3.63) is 35.4 Å². The Bertz CT molecular complexity index is 442. The number of rotatable bonds is 3. The molecule has 0 saturated heterocycles. The Morgan fingerprint density at radius 1 is 1.00 bits per heavy atom. The maximum Gasteiger partial charge on any atom is 0.0351 e. The van der Waals surface area contributed by atoms with Crippen molar-refractivity contribution in [3.8, 4) is 0 Å². The zero-order valence-corrected chi connectivity index (χ0v) is 13.4. The third kappa shape index (κ3) is 2.53. The highest BCUT2D eigenvalue weighted by atomic mass is 14.9. The molecule has 3 rings (SSSR count). The first-order chi connectivity index (χ1) is 9.52. The predicted molar refractivity (Wildman–Crippen MR) is 85.9 cm³/mol. The summed E-state index contributed by atoms with van der Waals surface area (Å²) in [5.74, 6) is 2.90. The third-order valence-electron chi connectivity index (χ3n) is 5.55. The fourth-order valence-corrected chi connectivity index (χ4v) is 4.31. The standard InChI is InChI=1S/C19H29N/c1-19(2,3)14-11-9-13(10-12-14)18(20-4)17-15-7-5-6-8-16(15)17/h9-12,15-18,20H,5-8H2,1-4H3. The van der Waals surface area contributed by atoms with E-state index in [4.69, 9.17) is 0 Å². The predicted octanol–water partition coefficient (Wildman–Crippen LogP) is 4.68. The zero-order valence-electron chi connectivity index (χ0n) is 13.4. The van der Waals surface area contributed by atoms with Crippen LogP contribution in [0.1, 0.15) is 63.6 Å². The number of nitrogens with one attached hydrogen (secondary N) is 1. The van der Waals surface area contributed by atoms with Crippen LogP contribution in [-0.2, 0) is 5.41 Å². The molecule has 0 bridgehead atoms. The summed E-state index contributed by atoms with van der Waals surface area (Å²) < 4.78 is 0. The molecule has 1 nitrogen and oxygen atoms in total. The molecule has 2 fully saturated rings. The van der Waals surface area contributed by atoms with Gasteiger partial charge >= 0.3 is 0 Å². The van der Waals surface area contributed by atoms with Crippen LogP contribution >= 0.6 is 0 Å². The molecular formula is C19H29N. The molecule has 0 aromatic heterocycles. The molecule has 0 spiro atoms. The van der Waals surface area contributed by atoms with Gasteiger partial charge in [-0.2, -0.15) is 0 Å². The summed E-state index contributed by atoms with van der Waals surface area (Å²) in [4.78, 5) is 0. The molecular weight excluding hydrogens is 242 g/mol. The Kier molecular flexibility index (Phi) is 3.66. The first-order valence-electron chi connectivity index (χ1n) is 8.30. The van der Waals surface area contributed by atoms with Crippen LogP contribution in [0.4, 0.5) is 0 Å². The molecule has 2 aliphatic rings. The lowest BCUT2D eigenvalue weighted by molar-refractivity contribution is 0.480. The van der Waals surface area contributed by atoms with E-state index < -0.39 is 0 Å². The summed E-state index contributed by atoms with van der Waals surface area (Å²) in [6, 6.07) is 9.92. The molecule has 3 unspecified atom stereocenters. The van der Waals surface area contributed by atoms with E-state index >= 15 is 0 Å². The van der Waals surface area contributed by atoms with Crippen molar-refractivity contribution in [1.29, 1.82) is 0 Å². The molecule has 1 aromatic carbocycles. The highest BCUT2D eigenvalue weighted by Gasteiger charge is 2.53. The van der Waals surface area contributed by atoms with Gasteiger partial charge in [0.25, 0.3) is 0 Å². The molecule has 0 radical (unpaired) electrons. The van der Waals surface area contributed by atoms with E-state index in [-0.39, 0.29) is 5.41 Å². The summed E-state index contributed by atoms with van der Waals surface area (Å²) in [6.07, 6.45) is 5.84. The molecule has 2 saturated carbocycles. The summed E-state index contributed by atoms with van der Waals surface area (Å²) in [5.41, 5.74) is 3.17. The van der Waals surface area contributed by atoms with Gasteiger partial charge in [-0.25, -0.2) is 0 Å². The second kappa shape index (κ2) is 5.18. The van der Waals surface area contributed by atoms with E-state index in [1.54, 1.807) is 0 Å². The molecule has 110 valence electrons. The number of fused-ring (bicyclic) bond motifs is 1. The van der Waals surface area contributed by atoms with Gasteiger partial charge in [0, 0.05) is 6.04 Å². The van der Waals surface area contributed by atoms with Gasteiger partial charge in [0.05, 0.1) is 0 Å². The minimum atomic E-state index is 0.251. The Hall–Kier alpha value is -0.820. The van der Waals surface area contributed by atoms with Gasteiger partial charge in [0.15, 0.2) is 0 Å². The minimum absolute atomic E-state index is 0.251. The van der Waals surface area contributed by atoms with Crippen LogP contribution in [-0.4, -0.2) is 7.05 Å². The molecule has 0 aliphatic heterocycles. The van der Waals surface area contributed by atoms with Crippen LogP contribution in [0.3, 0.4) is 0 Å². The number of hydrogen-bond acceptors (Lipinski definition) is 1. The van der Waals surface area contributed by atoms with Gasteiger partial charge in [0.2, 0.25) is 0 Å². The van der Waals surface area contributed by atoms with Crippen LogP contribution in [0.5, 0.6) is 0 Å². The molecule has 20 heavy (non-hydrogen) atoms. The van der Waals surface area contributed by atoms with Gasteiger partial charge in [-0.05, 0) is 54.2 Å². The minimum Gasteiger partial charge on any atom is -0.313 e. The zero-order chi connectivity index (χ0) is 14.3. The topological polar surface area (TPSA) is 12.0 Å². The van der Waals surface area contributed by atoms with E-state index in [2.05, 4.69) is 57.4 Å². The fourth-order valence-electron chi connectivity index (χ4n) is 4.31. The smallest absolute Gasteiger partial charge is 0.0351 e. The maximum atomic E-state index is 3.59. The molecule has 2 aliphatic carbocycles. The van der Waals surface area contributed by atoms with Crippen LogP contribution < -0.4 is 5.32 Å². The van der Waals surface area contributed by atoms with Gasteiger partial charge in [-0.3, -0.25) is 0 Å². The SMILES string of the molecule is CNC(c1ccc(C(C)(C)C)cc1)C1C2CCCCC21. The van der Waals surface area contributed by atoms with Gasteiger partial charge < -0.3 is 5.32 Å². The van der Waals surface area contributed by atoms with E-state index in [0.717, 1.165) is 17.8 Å². The first kappa shape index (κ1) is 14.1. The lowest BCUT2D eigenvalue weighted by Gasteiger charge is -2.22. The average molecular weight is 271 g/mol. The van der Waals surface area contributed by atoms with Crippen molar-refractivity contribution in [1.82, 2.24) is 5.32 Å². The van der Waals surface area contributed by atoms with Crippen LogP contribution in [0.25, 0.3) is 0 Å². The highest BCUT2D eigenvalue weighted by Crippen LogP contribution is 2.60. The maximum absolute atomic E-state index is 3.59. The van der Waals surface area contributed by atoms with Crippen molar-refractivity contribution in [2.45, 2.75) is 57.9 Å². The Labute approximate surface area is 124 Å². The Balaban J connectivity index is 1.77. The summed E-state index contributed by atoms with van der Waals surface area (Å²) >= 11 is 0. The van der Waals surface area contributed by atoms with E-state index in [0.29, 0.717) is 6.04 Å². The number of hydrogen-bond donors (Lipinski definition) is 1. The number of benzene rings is 1. The van der Waals surface area contributed by atoms with Crippen LogP contribution in [0.2, 0.25) is 0 Å². The quantitative estimate of drug-likeness (QED) is 0.841. The monoisotopic (exact) mass is 271 g/mol. The second-order valence-electron chi connectivity index (χ2n) is 7.83.